The van der Waals surface area contributed by atoms with E-state index >= 15 is 0 Å². The summed E-state index contributed by atoms with van der Waals surface area (Å²) in [7, 11) is 0. The highest BCUT2D eigenvalue weighted by atomic mass is 35.5. The fourth-order valence-electron chi connectivity index (χ4n) is 1.98. The SMILES string of the molecule is Clc1ccccc1N1C=CN=Cc2ccccc21. The van der Waals surface area contributed by atoms with Gasteiger partial charge in [-0.15, -0.1) is 0 Å². The molecule has 88 valence electrons. The number of para-hydroxylation sites is 2. The zero-order chi connectivity index (χ0) is 12.4. The van der Waals surface area contributed by atoms with Crippen LogP contribution in [0.3, 0.4) is 0 Å². The average Bonchev–Trinajstić information content (AvgIpc) is 2.62. The number of fused-ring (bicyclic) bond motifs is 1. The summed E-state index contributed by atoms with van der Waals surface area (Å²) in [5.74, 6) is 0. The van der Waals surface area contributed by atoms with Crippen molar-refractivity contribution in [3.8, 4) is 0 Å². The molecule has 1 aliphatic heterocycles. The lowest BCUT2D eigenvalue weighted by Gasteiger charge is -2.22. The van der Waals surface area contributed by atoms with E-state index in [0.29, 0.717) is 0 Å². The van der Waals surface area contributed by atoms with E-state index in [2.05, 4.69) is 11.1 Å². The van der Waals surface area contributed by atoms with Gasteiger partial charge in [0.25, 0.3) is 0 Å². The first kappa shape index (κ1) is 11.1. The zero-order valence-corrected chi connectivity index (χ0v) is 10.4. The van der Waals surface area contributed by atoms with Crippen molar-refractivity contribution in [3.63, 3.8) is 0 Å². The van der Waals surface area contributed by atoms with Crippen molar-refractivity contribution >= 4 is 29.2 Å². The molecule has 2 nitrogen and oxygen atoms in total. The molecule has 1 heterocycles. The molecule has 0 atom stereocenters. The van der Waals surface area contributed by atoms with E-state index < -0.39 is 0 Å². The Labute approximate surface area is 111 Å². The molecule has 0 bridgehead atoms. The van der Waals surface area contributed by atoms with E-state index in [-0.39, 0.29) is 0 Å². The van der Waals surface area contributed by atoms with Gasteiger partial charge in [0.15, 0.2) is 0 Å². The number of benzene rings is 2. The molecule has 0 saturated heterocycles. The Kier molecular flexibility index (Phi) is 2.87. The second-order valence-electron chi connectivity index (χ2n) is 3.96. The lowest BCUT2D eigenvalue weighted by molar-refractivity contribution is 1.28. The van der Waals surface area contributed by atoms with Crippen LogP contribution in [0.15, 0.2) is 65.9 Å². The highest BCUT2D eigenvalue weighted by Gasteiger charge is 2.13. The topological polar surface area (TPSA) is 15.6 Å². The third-order valence-corrected chi connectivity index (χ3v) is 3.14. The van der Waals surface area contributed by atoms with Crippen molar-refractivity contribution in [2.24, 2.45) is 4.99 Å². The maximum Gasteiger partial charge on any atom is 0.0646 e. The van der Waals surface area contributed by atoms with E-state index in [1.165, 1.54) is 0 Å². The second kappa shape index (κ2) is 4.67. The summed E-state index contributed by atoms with van der Waals surface area (Å²) in [6.45, 7) is 0. The molecule has 0 radical (unpaired) electrons. The van der Waals surface area contributed by atoms with Crippen molar-refractivity contribution in [3.05, 3.63) is 71.5 Å². The van der Waals surface area contributed by atoms with Gasteiger partial charge in [-0.05, 0) is 18.2 Å². The predicted octanol–water partition coefficient (Wildman–Crippen LogP) is 4.38. The van der Waals surface area contributed by atoms with Gasteiger partial charge in [-0.3, -0.25) is 4.99 Å². The Morgan fingerprint density at radius 2 is 1.61 bits per heavy atom. The standard InChI is InChI=1S/C15H11ClN2/c16-13-6-2-4-8-15(13)18-10-9-17-11-12-5-1-3-7-14(12)18/h1-11H. The number of rotatable bonds is 1. The molecule has 0 N–H and O–H groups in total. The van der Waals surface area contributed by atoms with Gasteiger partial charge in [-0.25, -0.2) is 0 Å². The third-order valence-electron chi connectivity index (χ3n) is 2.82. The van der Waals surface area contributed by atoms with Crippen molar-refractivity contribution < 1.29 is 0 Å². The lowest BCUT2D eigenvalue weighted by atomic mass is 10.1. The van der Waals surface area contributed by atoms with E-state index in [4.69, 9.17) is 11.6 Å². The van der Waals surface area contributed by atoms with Crippen molar-refractivity contribution in [1.29, 1.82) is 0 Å². The Morgan fingerprint density at radius 3 is 2.44 bits per heavy atom. The highest BCUT2D eigenvalue weighted by molar-refractivity contribution is 6.33. The van der Waals surface area contributed by atoms with Crippen LogP contribution in [0.1, 0.15) is 5.56 Å². The van der Waals surface area contributed by atoms with E-state index in [0.717, 1.165) is 22.0 Å². The third kappa shape index (κ3) is 1.91. The summed E-state index contributed by atoms with van der Waals surface area (Å²) >= 11 is 6.26. The first-order chi connectivity index (χ1) is 8.86. The van der Waals surface area contributed by atoms with Gasteiger partial charge in [-0.2, -0.15) is 0 Å². The van der Waals surface area contributed by atoms with Crippen LogP contribution in [-0.2, 0) is 0 Å². The minimum Gasteiger partial charge on any atom is -0.313 e. The van der Waals surface area contributed by atoms with Crippen molar-refractivity contribution in [2.45, 2.75) is 0 Å². The molecule has 0 amide bonds. The molecule has 3 rings (SSSR count). The Bertz CT molecular complexity index is 632. The maximum absolute atomic E-state index is 6.26. The number of hydrogen-bond donors (Lipinski definition) is 0. The minimum absolute atomic E-state index is 0.721. The molecule has 0 aromatic heterocycles. The maximum atomic E-state index is 6.26. The Morgan fingerprint density at radius 1 is 0.889 bits per heavy atom. The van der Waals surface area contributed by atoms with Crippen LogP contribution < -0.4 is 4.90 Å². The summed E-state index contributed by atoms with van der Waals surface area (Å²) < 4.78 is 0. The number of anilines is 2. The van der Waals surface area contributed by atoms with Gasteiger partial charge in [-0.1, -0.05) is 41.9 Å². The molecular weight excluding hydrogens is 244 g/mol. The van der Waals surface area contributed by atoms with E-state index in [1.54, 1.807) is 6.20 Å². The lowest BCUT2D eigenvalue weighted by Crippen LogP contribution is -2.10. The first-order valence-electron chi connectivity index (χ1n) is 5.69. The molecular formula is C15H11ClN2. The van der Waals surface area contributed by atoms with Crippen LogP contribution in [0.2, 0.25) is 5.02 Å². The fraction of sp³-hybridized carbons (Fsp3) is 0. The van der Waals surface area contributed by atoms with Crippen LogP contribution in [0, 0.1) is 0 Å². The van der Waals surface area contributed by atoms with E-state index in [9.17, 15) is 0 Å². The summed E-state index contributed by atoms with van der Waals surface area (Å²) in [6, 6.07) is 15.9. The predicted molar refractivity (Wildman–Crippen MR) is 76.8 cm³/mol. The monoisotopic (exact) mass is 254 g/mol. The van der Waals surface area contributed by atoms with E-state index in [1.807, 2.05) is 59.8 Å². The number of hydrogen-bond acceptors (Lipinski definition) is 2. The average molecular weight is 255 g/mol. The van der Waals surface area contributed by atoms with Gasteiger partial charge >= 0.3 is 0 Å². The zero-order valence-electron chi connectivity index (χ0n) is 9.62. The Hall–Kier alpha value is -2.06. The fourth-order valence-corrected chi connectivity index (χ4v) is 2.21. The number of aliphatic imine (C=N–C) groups is 1. The summed E-state index contributed by atoms with van der Waals surface area (Å²) in [4.78, 5) is 6.27. The molecule has 2 aromatic carbocycles. The summed E-state index contributed by atoms with van der Waals surface area (Å²) in [5.41, 5.74) is 3.10. The molecule has 2 aromatic rings. The van der Waals surface area contributed by atoms with Crippen LogP contribution in [0.4, 0.5) is 11.4 Å². The largest absolute Gasteiger partial charge is 0.313 e. The molecule has 0 unspecified atom stereocenters. The molecule has 0 aliphatic carbocycles. The Balaban J connectivity index is 2.17. The van der Waals surface area contributed by atoms with Gasteiger partial charge < -0.3 is 4.90 Å². The van der Waals surface area contributed by atoms with Gasteiger partial charge in [0.1, 0.15) is 0 Å². The quantitative estimate of drug-likeness (QED) is 0.737. The van der Waals surface area contributed by atoms with Gasteiger partial charge in [0.05, 0.1) is 16.4 Å². The van der Waals surface area contributed by atoms with Crippen LogP contribution >= 0.6 is 11.6 Å². The van der Waals surface area contributed by atoms with Gasteiger partial charge in [0, 0.05) is 24.2 Å². The smallest absolute Gasteiger partial charge is 0.0646 e. The molecule has 18 heavy (non-hydrogen) atoms. The van der Waals surface area contributed by atoms with Crippen LogP contribution in [-0.4, -0.2) is 6.21 Å². The van der Waals surface area contributed by atoms with Crippen LogP contribution in [0.5, 0.6) is 0 Å². The molecule has 1 aliphatic rings. The molecule has 0 saturated carbocycles. The minimum atomic E-state index is 0.721. The van der Waals surface area contributed by atoms with Gasteiger partial charge in [0.2, 0.25) is 0 Å². The molecule has 0 fully saturated rings. The second-order valence-corrected chi connectivity index (χ2v) is 4.36. The number of nitrogens with zero attached hydrogens (tertiary/aromatic N) is 2. The highest BCUT2D eigenvalue weighted by Crippen LogP contribution is 2.34. The summed E-state index contributed by atoms with van der Waals surface area (Å²) in [5, 5.41) is 0.721. The molecule has 3 heteroatoms. The summed E-state index contributed by atoms with van der Waals surface area (Å²) in [6.07, 6.45) is 5.54. The normalized spacial score (nSPS) is 13.3. The first-order valence-corrected chi connectivity index (χ1v) is 6.07. The van der Waals surface area contributed by atoms with Crippen molar-refractivity contribution in [2.75, 3.05) is 4.90 Å². The van der Waals surface area contributed by atoms with Crippen molar-refractivity contribution in [1.82, 2.24) is 0 Å². The van der Waals surface area contributed by atoms with Crippen LogP contribution in [0.25, 0.3) is 0 Å². The molecule has 0 spiro atoms. The number of halogens is 1.